The Kier molecular flexibility index (Phi) is 5.30. The number of nitrogens with zero attached hydrogens (tertiary/aromatic N) is 3. The number of aliphatic hydroxyl groups excluding tert-OH is 1. The minimum absolute atomic E-state index is 0.160. The van der Waals surface area contributed by atoms with Crippen LogP contribution in [0.2, 0.25) is 5.02 Å². The fraction of sp³-hybridized carbons (Fsp3) is 0.240. The molecule has 0 unspecified atom stereocenters. The van der Waals surface area contributed by atoms with Gasteiger partial charge in [0.05, 0.1) is 11.8 Å². The zero-order valence-electron chi connectivity index (χ0n) is 16.7. The normalized spacial score (nSPS) is 17.1. The third-order valence-corrected chi connectivity index (χ3v) is 6.16. The van der Waals surface area contributed by atoms with Crippen LogP contribution in [0.3, 0.4) is 0 Å². The lowest BCUT2D eigenvalue weighted by Crippen LogP contribution is -2.26. The highest BCUT2D eigenvalue weighted by Crippen LogP contribution is 2.27. The lowest BCUT2D eigenvalue weighted by molar-refractivity contribution is 0.175. The first kappa shape index (κ1) is 19.3. The Morgan fingerprint density at radius 3 is 2.47 bits per heavy atom. The second kappa shape index (κ2) is 8.23. The highest BCUT2D eigenvalue weighted by Gasteiger charge is 2.19. The first-order chi connectivity index (χ1) is 14.7. The summed E-state index contributed by atoms with van der Waals surface area (Å²) in [6.45, 7) is 3.68. The number of likely N-dealkylation sites (tertiary alicyclic amines) is 1. The predicted octanol–water partition coefficient (Wildman–Crippen LogP) is 5.09. The molecule has 1 fully saturated rings. The molecule has 1 aliphatic heterocycles. The third kappa shape index (κ3) is 3.99. The molecule has 3 heterocycles. The molecule has 30 heavy (non-hydrogen) atoms. The van der Waals surface area contributed by atoms with Crippen LogP contribution in [0.4, 0.5) is 0 Å². The molecule has 0 aliphatic carbocycles. The molecule has 1 aliphatic rings. The number of benzene rings is 2. The highest BCUT2D eigenvalue weighted by molar-refractivity contribution is 6.30. The minimum atomic E-state index is -0.160. The van der Waals surface area contributed by atoms with Crippen molar-refractivity contribution in [3.8, 4) is 22.4 Å². The second-order valence-electron chi connectivity index (χ2n) is 7.96. The van der Waals surface area contributed by atoms with Crippen LogP contribution in [0.25, 0.3) is 33.3 Å². The molecule has 5 heteroatoms. The van der Waals surface area contributed by atoms with Gasteiger partial charge in [-0.15, -0.1) is 0 Å². The Hall–Kier alpha value is -2.66. The Morgan fingerprint density at radius 1 is 0.933 bits per heavy atom. The summed E-state index contributed by atoms with van der Waals surface area (Å²) in [4.78, 5) is 7.02. The van der Waals surface area contributed by atoms with E-state index < -0.39 is 0 Å². The maximum absolute atomic E-state index is 9.70. The van der Waals surface area contributed by atoms with Gasteiger partial charge in [0.25, 0.3) is 0 Å². The number of fused-ring (bicyclic) bond motifs is 1. The zero-order valence-corrected chi connectivity index (χ0v) is 17.5. The molecule has 0 radical (unpaired) electrons. The monoisotopic (exact) mass is 417 g/mol. The molecular weight excluding hydrogens is 394 g/mol. The van der Waals surface area contributed by atoms with Gasteiger partial charge in [-0.05, 0) is 48.4 Å². The Morgan fingerprint density at radius 2 is 1.73 bits per heavy atom. The standard InChI is InChI=1S/C25H24ClN3O/c26-22-5-1-18(2-6-22)21-3-7-24(27-16-21)19-4-8-25-20(15-19)9-12-29(25)14-13-28-11-10-23(30)17-28/h1-9,12,15-16,23,30H,10-11,13-14,17H2/t23-/m1/s1. The number of β-amino-alcohol motifs (C(OH)–C–C–N with tert-alkyl or cyclic N) is 1. The molecule has 2 aromatic heterocycles. The summed E-state index contributed by atoms with van der Waals surface area (Å²) < 4.78 is 2.29. The van der Waals surface area contributed by atoms with E-state index in [1.54, 1.807) is 0 Å². The lowest BCUT2D eigenvalue weighted by Gasteiger charge is -2.15. The quantitative estimate of drug-likeness (QED) is 0.491. The molecule has 0 spiro atoms. The average molecular weight is 418 g/mol. The number of halogens is 1. The zero-order chi connectivity index (χ0) is 20.5. The van der Waals surface area contributed by atoms with Gasteiger partial charge < -0.3 is 9.67 Å². The van der Waals surface area contributed by atoms with E-state index in [1.165, 1.54) is 10.9 Å². The van der Waals surface area contributed by atoms with E-state index in [1.807, 2.05) is 30.5 Å². The van der Waals surface area contributed by atoms with Crippen molar-refractivity contribution in [1.82, 2.24) is 14.5 Å². The van der Waals surface area contributed by atoms with E-state index in [2.05, 4.69) is 57.0 Å². The molecule has 1 atom stereocenters. The van der Waals surface area contributed by atoms with Crippen molar-refractivity contribution in [3.05, 3.63) is 78.1 Å². The van der Waals surface area contributed by atoms with Gasteiger partial charge in [0.2, 0.25) is 0 Å². The van der Waals surface area contributed by atoms with Crippen molar-refractivity contribution in [2.24, 2.45) is 0 Å². The van der Waals surface area contributed by atoms with E-state index in [-0.39, 0.29) is 6.10 Å². The van der Waals surface area contributed by atoms with Crippen molar-refractivity contribution in [1.29, 1.82) is 0 Å². The number of aromatic nitrogens is 2. The molecule has 1 N–H and O–H groups in total. The molecule has 2 aromatic carbocycles. The predicted molar refractivity (Wildman–Crippen MR) is 123 cm³/mol. The van der Waals surface area contributed by atoms with Gasteiger partial charge in [0, 0.05) is 65.6 Å². The molecule has 1 saturated heterocycles. The number of pyridine rings is 1. The van der Waals surface area contributed by atoms with Gasteiger partial charge in [0.1, 0.15) is 0 Å². The average Bonchev–Trinajstić information content (AvgIpc) is 3.38. The molecule has 0 saturated carbocycles. The maximum atomic E-state index is 9.70. The van der Waals surface area contributed by atoms with E-state index in [0.29, 0.717) is 0 Å². The van der Waals surface area contributed by atoms with Crippen molar-refractivity contribution in [3.63, 3.8) is 0 Å². The van der Waals surface area contributed by atoms with E-state index >= 15 is 0 Å². The van der Waals surface area contributed by atoms with Crippen molar-refractivity contribution < 1.29 is 5.11 Å². The molecule has 4 aromatic rings. The smallest absolute Gasteiger partial charge is 0.0702 e. The van der Waals surface area contributed by atoms with E-state index in [4.69, 9.17) is 11.6 Å². The minimum Gasteiger partial charge on any atom is -0.392 e. The molecule has 0 amide bonds. The summed E-state index contributed by atoms with van der Waals surface area (Å²) in [5.41, 5.74) is 5.50. The van der Waals surface area contributed by atoms with Gasteiger partial charge in [-0.1, -0.05) is 35.9 Å². The molecule has 4 nitrogen and oxygen atoms in total. The number of hydrogen-bond acceptors (Lipinski definition) is 3. The lowest BCUT2D eigenvalue weighted by atomic mass is 10.1. The van der Waals surface area contributed by atoms with Crippen LogP contribution in [0.1, 0.15) is 6.42 Å². The van der Waals surface area contributed by atoms with E-state index in [9.17, 15) is 5.11 Å². The topological polar surface area (TPSA) is 41.3 Å². The Balaban J connectivity index is 1.33. The summed E-state index contributed by atoms with van der Waals surface area (Å²) >= 11 is 5.98. The fourth-order valence-electron chi connectivity index (χ4n) is 4.20. The van der Waals surface area contributed by atoms with Gasteiger partial charge >= 0.3 is 0 Å². The van der Waals surface area contributed by atoms with Crippen LogP contribution in [0, 0.1) is 0 Å². The van der Waals surface area contributed by atoms with E-state index in [0.717, 1.165) is 60.0 Å². The van der Waals surface area contributed by atoms with Gasteiger partial charge in [0.15, 0.2) is 0 Å². The van der Waals surface area contributed by atoms with Crippen LogP contribution < -0.4 is 0 Å². The summed E-state index contributed by atoms with van der Waals surface area (Å²) in [7, 11) is 0. The summed E-state index contributed by atoms with van der Waals surface area (Å²) in [6.07, 6.45) is 4.79. The molecule has 5 rings (SSSR count). The first-order valence-corrected chi connectivity index (χ1v) is 10.8. The first-order valence-electron chi connectivity index (χ1n) is 10.4. The van der Waals surface area contributed by atoms with Crippen molar-refractivity contribution in [2.45, 2.75) is 19.1 Å². The van der Waals surface area contributed by atoms with Crippen LogP contribution >= 0.6 is 11.6 Å². The van der Waals surface area contributed by atoms with Crippen molar-refractivity contribution in [2.75, 3.05) is 19.6 Å². The Labute approximate surface area is 181 Å². The van der Waals surface area contributed by atoms with Crippen LogP contribution in [0.15, 0.2) is 73.1 Å². The number of rotatable bonds is 5. The number of hydrogen-bond donors (Lipinski definition) is 1. The highest BCUT2D eigenvalue weighted by atomic mass is 35.5. The largest absolute Gasteiger partial charge is 0.392 e. The fourth-order valence-corrected chi connectivity index (χ4v) is 4.32. The summed E-state index contributed by atoms with van der Waals surface area (Å²) in [5.74, 6) is 0. The van der Waals surface area contributed by atoms with Crippen LogP contribution in [0.5, 0.6) is 0 Å². The SMILES string of the molecule is O[C@@H]1CCN(CCn2ccc3cc(-c4ccc(-c5ccc(Cl)cc5)cn4)ccc32)C1. The van der Waals surface area contributed by atoms with Crippen molar-refractivity contribution >= 4 is 22.5 Å². The molecule has 152 valence electrons. The van der Waals surface area contributed by atoms with Gasteiger partial charge in [-0.25, -0.2) is 0 Å². The number of aliphatic hydroxyl groups is 1. The second-order valence-corrected chi connectivity index (χ2v) is 8.40. The molecular formula is C25H24ClN3O. The summed E-state index contributed by atoms with van der Waals surface area (Å²) in [6, 6.07) is 20.7. The third-order valence-electron chi connectivity index (χ3n) is 5.91. The van der Waals surface area contributed by atoms with Crippen LogP contribution in [-0.4, -0.2) is 45.3 Å². The van der Waals surface area contributed by atoms with Gasteiger partial charge in [-0.3, -0.25) is 9.88 Å². The van der Waals surface area contributed by atoms with Crippen LogP contribution in [-0.2, 0) is 6.54 Å². The maximum Gasteiger partial charge on any atom is 0.0702 e. The summed E-state index contributed by atoms with van der Waals surface area (Å²) in [5, 5.41) is 11.7. The Bertz CT molecular complexity index is 1150. The van der Waals surface area contributed by atoms with Gasteiger partial charge in [-0.2, -0.15) is 0 Å². The molecule has 0 bridgehead atoms.